The minimum atomic E-state index is -3.38. The Labute approximate surface area is 164 Å². The zero-order valence-corrected chi connectivity index (χ0v) is 17.3. The lowest BCUT2D eigenvalue weighted by Gasteiger charge is -2.12. The van der Waals surface area contributed by atoms with Gasteiger partial charge in [0.2, 0.25) is 10.0 Å². The van der Waals surface area contributed by atoms with Crippen molar-refractivity contribution in [3.63, 3.8) is 0 Å². The maximum atomic E-state index is 12.2. The predicted molar refractivity (Wildman–Crippen MR) is 111 cm³/mol. The highest BCUT2D eigenvalue weighted by Crippen LogP contribution is 2.39. The van der Waals surface area contributed by atoms with Crippen LogP contribution in [0.3, 0.4) is 0 Å². The average Bonchev–Trinajstić information content (AvgIpc) is 3.09. The van der Waals surface area contributed by atoms with E-state index in [0.717, 1.165) is 22.5 Å². The molecule has 5 nitrogen and oxygen atoms in total. The van der Waals surface area contributed by atoms with Crippen molar-refractivity contribution in [1.82, 2.24) is 4.72 Å². The number of benzene rings is 2. The molecule has 1 unspecified atom stereocenters. The van der Waals surface area contributed by atoms with Gasteiger partial charge in [-0.2, -0.15) is 0 Å². The summed E-state index contributed by atoms with van der Waals surface area (Å²) >= 11 is 1.61. The van der Waals surface area contributed by atoms with Crippen LogP contribution in [0.15, 0.2) is 65.6 Å². The molecule has 1 heterocycles. The second kappa shape index (κ2) is 8.18. The highest BCUT2D eigenvalue weighted by atomic mass is 32.2. The van der Waals surface area contributed by atoms with Crippen LogP contribution >= 0.6 is 11.8 Å². The predicted octanol–water partition coefficient (Wildman–Crippen LogP) is 3.06. The van der Waals surface area contributed by atoms with E-state index in [2.05, 4.69) is 10.8 Å². The Hall–Kier alpha value is -1.61. The molecule has 0 aromatic heterocycles. The third-order valence-electron chi connectivity index (χ3n) is 4.16. The van der Waals surface area contributed by atoms with Crippen LogP contribution in [0.2, 0.25) is 0 Å². The molecule has 2 aromatic rings. The fourth-order valence-corrected chi connectivity index (χ4v) is 5.86. The quantitative estimate of drug-likeness (QED) is 0.740. The highest BCUT2D eigenvalue weighted by Gasteiger charge is 2.22. The summed E-state index contributed by atoms with van der Waals surface area (Å²) in [6, 6.07) is 15.9. The molecule has 0 spiro atoms. The van der Waals surface area contributed by atoms with Crippen LogP contribution in [0.25, 0.3) is 4.91 Å². The number of nitrogens with one attached hydrogen (secondary N) is 1. The van der Waals surface area contributed by atoms with Crippen LogP contribution in [0.1, 0.15) is 17.5 Å². The zero-order chi connectivity index (χ0) is 19.5. The Morgan fingerprint density at radius 2 is 1.67 bits per heavy atom. The van der Waals surface area contributed by atoms with Gasteiger partial charge < -0.3 is 0 Å². The Kier molecular flexibility index (Phi) is 6.10. The first-order valence-electron chi connectivity index (χ1n) is 8.41. The van der Waals surface area contributed by atoms with Crippen LogP contribution in [-0.4, -0.2) is 34.9 Å². The Morgan fingerprint density at radius 1 is 1.00 bits per heavy atom. The van der Waals surface area contributed by atoms with E-state index in [4.69, 9.17) is 0 Å². The molecule has 0 radical (unpaired) electrons. The van der Waals surface area contributed by atoms with Gasteiger partial charge in [-0.3, -0.25) is 0 Å². The first kappa shape index (κ1) is 20.1. The summed E-state index contributed by atoms with van der Waals surface area (Å²) in [6.07, 6.45) is 4.02. The number of sulfonamides is 1. The fraction of sp³-hybridized carbons (Fsp3) is 0.263. The maximum absolute atomic E-state index is 12.2. The minimum absolute atomic E-state index is 0.0293. The van der Waals surface area contributed by atoms with Gasteiger partial charge in [0.25, 0.3) is 0 Å². The second-order valence-electron chi connectivity index (χ2n) is 6.43. The Balaban J connectivity index is 1.55. The van der Waals surface area contributed by atoms with Crippen molar-refractivity contribution in [3.8, 4) is 0 Å². The van der Waals surface area contributed by atoms with E-state index in [0.29, 0.717) is 11.4 Å². The number of hydrogen-bond donors (Lipinski definition) is 1. The van der Waals surface area contributed by atoms with Crippen molar-refractivity contribution in [1.29, 1.82) is 0 Å². The van der Waals surface area contributed by atoms with Crippen molar-refractivity contribution in [2.24, 2.45) is 0 Å². The Morgan fingerprint density at radius 3 is 2.30 bits per heavy atom. The van der Waals surface area contributed by atoms with Gasteiger partial charge in [-0.1, -0.05) is 48.5 Å². The van der Waals surface area contributed by atoms with Gasteiger partial charge in [0, 0.05) is 23.0 Å². The molecule has 1 aliphatic heterocycles. The molecule has 144 valence electrons. The third kappa shape index (κ3) is 5.68. The smallest absolute Gasteiger partial charge is 0.215 e. The topological polar surface area (TPSA) is 80.3 Å². The zero-order valence-electron chi connectivity index (χ0n) is 14.8. The van der Waals surface area contributed by atoms with Gasteiger partial charge in [-0.05, 0) is 29.7 Å². The van der Waals surface area contributed by atoms with Crippen molar-refractivity contribution in [3.05, 3.63) is 71.8 Å². The molecular weight excluding hydrogens is 402 g/mol. The van der Waals surface area contributed by atoms with Gasteiger partial charge in [-0.15, -0.1) is 11.8 Å². The molecule has 2 aromatic carbocycles. The second-order valence-corrected chi connectivity index (χ2v) is 11.6. The van der Waals surface area contributed by atoms with Gasteiger partial charge in [0.1, 0.15) is 0 Å². The van der Waals surface area contributed by atoms with E-state index in [9.17, 15) is 16.8 Å². The largest absolute Gasteiger partial charge is 0.224 e. The molecule has 0 fully saturated rings. The number of thioether (sulfide) groups is 1. The lowest BCUT2D eigenvalue weighted by atomic mass is 10.2. The summed E-state index contributed by atoms with van der Waals surface area (Å²) in [7, 11) is -6.59. The lowest BCUT2D eigenvalue weighted by molar-refractivity contribution is 0.579. The van der Waals surface area contributed by atoms with Crippen LogP contribution in [0.5, 0.6) is 0 Å². The highest BCUT2D eigenvalue weighted by molar-refractivity contribution is 8.09. The summed E-state index contributed by atoms with van der Waals surface area (Å²) in [4.78, 5) is 1.34. The van der Waals surface area contributed by atoms with E-state index in [-0.39, 0.29) is 11.0 Å². The van der Waals surface area contributed by atoms with E-state index in [1.165, 1.54) is 6.26 Å². The van der Waals surface area contributed by atoms with E-state index < -0.39 is 19.9 Å². The summed E-state index contributed by atoms with van der Waals surface area (Å²) in [5.74, 6) is -0.0293. The van der Waals surface area contributed by atoms with Crippen molar-refractivity contribution < 1.29 is 16.8 Å². The van der Waals surface area contributed by atoms with Gasteiger partial charge in [0.05, 0.1) is 10.6 Å². The van der Waals surface area contributed by atoms with Gasteiger partial charge in [0.15, 0.2) is 9.84 Å². The first-order chi connectivity index (χ1) is 12.7. The van der Waals surface area contributed by atoms with E-state index in [1.807, 2.05) is 18.2 Å². The number of sulfone groups is 1. The number of hydrogen-bond acceptors (Lipinski definition) is 5. The van der Waals surface area contributed by atoms with Gasteiger partial charge in [-0.25, -0.2) is 21.6 Å². The molecule has 0 saturated heterocycles. The molecule has 27 heavy (non-hydrogen) atoms. The normalized spacial score (nSPS) is 17.7. The van der Waals surface area contributed by atoms with Crippen molar-refractivity contribution >= 4 is 36.5 Å². The molecule has 0 saturated carbocycles. The average molecular weight is 424 g/mol. The van der Waals surface area contributed by atoms with Crippen molar-refractivity contribution in [2.45, 2.75) is 22.3 Å². The molecule has 0 bridgehead atoms. The summed E-state index contributed by atoms with van der Waals surface area (Å²) in [6.45, 7) is 0.362. The number of rotatable bonds is 7. The van der Waals surface area contributed by atoms with E-state index in [1.54, 1.807) is 48.2 Å². The summed E-state index contributed by atoms with van der Waals surface area (Å²) in [5.41, 5.74) is 1.70. The molecule has 1 aliphatic rings. The monoisotopic (exact) mass is 423 g/mol. The minimum Gasteiger partial charge on any atom is -0.224 e. The van der Waals surface area contributed by atoms with Crippen molar-refractivity contribution in [2.75, 3.05) is 12.8 Å². The standard InChI is InChI=1S/C19H21NO4S3/c1-26(21,22)18-10-7-16(8-11-18)19-12-9-17(25-19)13-20-27(23,24)14-15-5-3-2-4-6-15/h2-8,10-12,17,20H,9,13-14H2,1H3. The van der Waals surface area contributed by atoms with Crippen LogP contribution in [0.4, 0.5) is 0 Å². The molecule has 3 rings (SSSR count). The maximum Gasteiger partial charge on any atom is 0.215 e. The molecule has 1 atom stereocenters. The molecule has 8 heteroatoms. The van der Waals surface area contributed by atoms with Crippen LogP contribution in [-0.2, 0) is 25.6 Å². The van der Waals surface area contributed by atoms with Crippen LogP contribution < -0.4 is 4.72 Å². The molecular formula is C19H21NO4S3. The molecule has 0 amide bonds. The molecule has 0 aliphatic carbocycles. The SMILES string of the molecule is CS(=O)(=O)c1ccc(C2=CCC(CNS(=O)(=O)Cc3ccccc3)S2)cc1. The first-order valence-corrected chi connectivity index (χ1v) is 12.8. The van der Waals surface area contributed by atoms with Crippen LogP contribution in [0, 0.1) is 0 Å². The third-order valence-corrected chi connectivity index (χ3v) is 7.95. The summed E-state index contributed by atoms with van der Waals surface area (Å²) in [5, 5.41) is 0.125. The summed E-state index contributed by atoms with van der Waals surface area (Å²) < 4.78 is 50.3. The van der Waals surface area contributed by atoms with Gasteiger partial charge >= 0.3 is 0 Å². The fourth-order valence-electron chi connectivity index (χ4n) is 2.76. The Bertz CT molecular complexity index is 1030. The van der Waals surface area contributed by atoms with E-state index >= 15 is 0 Å². The number of allylic oxidation sites excluding steroid dienone is 1. The molecule has 1 N–H and O–H groups in total. The lowest BCUT2D eigenvalue weighted by Crippen LogP contribution is -2.30.